The van der Waals surface area contributed by atoms with Crippen LogP contribution in [-0.4, -0.2) is 42.1 Å². The third kappa shape index (κ3) is 9.20. The molecule has 0 aromatic carbocycles. The van der Waals surface area contributed by atoms with Gasteiger partial charge in [-0.25, -0.2) is 14.6 Å². The third-order valence-electron chi connectivity index (χ3n) is 6.07. The predicted molar refractivity (Wildman–Crippen MR) is 111 cm³/mol. The van der Waals surface area contributed by atoms with Gasteiger partial charge in [0, 0.05) is 6.04 Å². The number of carbonyl (C=O) groups is 1. The van der Waals surface area contributed by atoms with Crippen LogP contribution in [-0.2, 0) is 9.53 Å². The Morgan fingerprint density at radius 2 is 2.04 bits per heavy atom. The molecule has 0 bridgehead atoms. The summed E-state index contributed by atoms with van der Waals surface area (Å²) < 4.78 is 5.39. The molecule has 1 aliphatic rings. The minimum Gasteiger partial charge on any atom is -0.450 e. The lowest BCUT2D eigenvalue weighted by Gasteiger charge is -2.45. The Hall–Kier alpha value is -1.39. The van der Waals surface area contributed by atoms with Gasteiger partial charge in [0.15, 0.2) is 0 Å². The molecule has 0 aliphatic heterocycles. The van der Waals surface area contributed by atoms with E-state index in [1.165, 1.54) is 0 Å². The molecular weight excluding hydrogens is 356 g/mol. The molecular formula is C22H40N2O4. The van der Waals surface area contributed by atoms with Gasteiger partial charge in [-0.2, -0.15) is 0 Å². The molecule has 0 radical (unpaired) electrons. The normalized spacial score (nSPS) is 27.2. The van der Waals surface area contributed by atoms with E-state index in [1.807, 2.05) is 13.8 Å². The van der Waals surface area contributed by atoms with E-state index in [0.29, 0.717) is 19.1 Å². The van der Waals surface area contributed by atoms with E-state index in [0.717, 1.165) is 44.9 Å². The number of amides is 1. The van der Waals surface area contributed by atoms with Crippen molar-refractivity contribution in [2.45, 2.75) is 98.1 Å². The maximum Gasteiger partial charge on any atom is 0.407 e. The number of alkyl carbamates (subject to hydrolysis) is 1. The van der Waals surface area contributed by atoms with Crippen LogP contribution in [0.2, 0.25) is 0 Å². The van der Waals surface area contributed by atoms with Crippen LogP contribution in [0.1, 0.15) is 86.5 Å². The fourth-order valence-corrected chi connectivity index (χ4v) is 4.52. The smallest absolute Gasteiger partial charge is 0.407 e. The van der Waals surface area contributed by atoms with Crippen LogP contribution >= 0.6 is 0 Å². The number of ether oxygens (including phenoxy) is 1. The molecule has 1 aliphatic carbocycles. The van der Waals surface area contributed by atoms with Crippen LogP contribution in [0.4, 0.5) is 4.79 Å². The molecule has 6 nitrogen and oxygen atoms in total. The monoisotopic (exact) mass is 396 g/mol. The van der Waals surface area contributed by atoms with Gasteiger partial charge in [0.25, 0.3) is 0 Å². The zero-order valence-electron chi connectivity index (χ0n) is 18.6. The molecule has 6 heteroatoms. The molecule has 0 heterocycles. The second kappa shape index (κ2) is 10.4. The van der Waals surface area contributed by atoms with Gasteiger partial charge < -0.3 is 15.2 Å². The molecule has 0 spiro atoms. The van der Waals surface area contributed by atoms with Crippen molar-refractivity contribution in [2.24, 2.45) is 21.7 Å². The summed E-state index contributed by atoms with van der Waals surface area (Å²) in [6.45, 7) is 13.3. The van der Waals surface area contributed by atoms with Crippen molar-refractivity contribution in [3.05, 3.63) is 0 Å². The molecule has 2 N–H and O–H groups in total. The largest absolute Gasteiger partial charge is 0.450 e. The highest BCUT2D eigenvalue weighted by Crippen LogP contribution is 2.46. The van der Waals surface area contributed by atoms with Crippen molar-refractivity contribution < 1.29 is 19.4 Å². The summed E-state index contributed by atoms with van der Waals surface area (Å²) in [4.78, 5) is 26.5. The number of carbonyl (C=O) groups excluding carboxylic acids is 2. The molecule has 1 rings (SSSR count). The maximum atomic E-state index is 12.2. The third-order valence-corrected chi connectivity index (χ3v) is 6.07. The number of aliphatic imine (C=N–C) groups is 1. The van der Waals surface area contributed by atoms with E-state index < -0.39 is 5.60 Å². The summed E-state index contributed by atoms with van der Waals surface area (Å²) in [5.41, 5.74) is -0.670. The number of hydrogen-bond acceptors (Lipinski definition) is 5. The maximum absolute atomic E-state index is 12.2. The van der Waals surface area contributed by atoms with E-state index in [-0.39, 0.29) is 23.0 Å². The number of hydrogen-bond donors (Lipinski definition) is 2. The molecule has 1 fully saturated rings. The van der Waals surface area contributed by atoms with E-state index in [4.69, 9.17) is 4.74 Å². The molecule has 0 saturated heterocycles. The lowest BCUT2D eigenvalue weighted by molar-refractivity contribution is 0.0390. The Morgan fingerprint density at radius 1 is 1.36 bits per heavy atom. The molecule has 0 aromatic rings. The molecule has 28 heavy (non-hydrogen) atoms. The SMILES string of the molecule is CCC(C)(O)CCC(C)CCOC(=O)NC1CC(C)(C)CC(C)(CN=C=O)C1. The van der Waals surface area contributed by atoms with Gasteiger partial charge in [0.2, 0.25) is 6.08 Å². The van der Waals surface area contributed by atoms with E-state index >= 15 is 0 Å². The quantitative estimate of drug-likeness (QED) is 0.417. The summed E-state index contributed by atoms with van der Waals surface area (Å²) >= 11 is 0. The van der Waals surface area contributed by atoms with Crippen LogP contribution in [0.15, 0.2) is 4.99 Å². The van der Waals surface area contributed by atoms with Crippen LogP contribution in [0.3, 0.4) is 0 Å². The Kier molecular flexibility index (Phi) is 9.16. The van der Waals surface area contributed by atoms with Crippen LogP contribution < -0.4 is 5.32 Å². The standard InChI is InChI=1S/C22H40N2O4/c1-7-22(6,27)10-8-17(2)9-11-28-19(26)24-18-12-20(3,4)14-21(5,13-18)15-23-16-25/h17-18,27H,7-15H2,1-6H3,(H,24,26). The second-order valence-electron chi connectivity index (χ2n) is 10.2. The number of aliphatic hydroxyl groups is 1. The summed E-state index contributed by atoms with van der Waals surface area (Å²) in [6, 6.07) is 0.0141. The number of nitrogens with one attached hydrogen (secondary N) is 1. The van der Waals surface area contributed by atoms with Gasteiger partial charge in [-0.3, -0.25) is 0 Å². The van der Waals surface area contributed by atoms with E-state index in [9.17, 15) is 14.7 Å². The number of isocyanates is 1. The molecule has 4 unspecified atom stereocenters. The van der Waals surface area contributed by atoms with Crippen molar-refractivity contribution in [3.8, 4) is 0 Å². The van der Waals surface area contributed by atoms with Crippen LogP contribution in [0.25, 0.3) is 0 Å². The summed E-state index contributed by atoms with van der Waals surface area (Å²) in [5, 5.41) is 13.1. The Balaban J connectivity index is 2.42. The predicted octanol–water partition coefficient (Wildman–Crippen LogP) is 4.60. The zero-order valence-corrected chi connectivity index (χ0v) is 18.6. The fraction of sp³-hybridized carbons (Fsp3) is 0.909. The number of nitrogens with zero attached hydrogens (tertiary/aromatic N) is 1. The average Bonchev–Trinajstić information content (AvgIpc) is 2.56. The summed E-state index contributed by atoms with van der Waals surface area (Å²) in [7, 11) is 0. The molecule has 1 saturated carbocycles. The van der Waals surface area contributed by atoms with Gasteiger partial charge in [-0.05, 0) is 68.6 Å². The Labute approximate surface area is 170 Å². The van der Waals surface area contributed by atoms with Gasteiger partial charge >= 0.3 is 6.09 Å². The molecule has 0 aromatic heterocycles. The summed E-state index contributed by atoms with van der Waals surface area (Å²) in [5.74, 6) is 0.393. The van der Waals surface area contributed by atoms with Crippen molar-refractivity contribution in [1.82, 2.24) is 5.32 Å². The van der Waals surface area contributed by atoms with Gasteiger partial charge in [-0.1, -0.05) is 34.6 Å². The zero-order chi connectivity index (χ0) is 21.4. The van der Waals surface area contributed by atoms with E-state index in [1.54, 1.807) is 6.08 Å². The van der Waals surface area contributed by atoms with E-state index in [2.05, 4.69) is 38.0 Å². The minimum atomic E-state index is -0.610. The lowest BCUT2D eigenvalue weighted by atomic mass is 9.62. The number of rotatable bonds is 10. The molecule has 4 atom stereocenters. The van der Waals surface area contributed by atoms with Crippen molar-refractivity contribution in [3.63, 3.8) is 0 Å². The molecule has 162 valence electrons. The topological polar surface area (TPSA) is 88.0 Å². The van der Waals surface area contributed by atoms with Gasteiger partial charge in [-0.15, -0.1) is 0 Å². The van der Waals surface area contributed by atoms with Gasteiger partial charge in [0.1, 0.15) is 0 Å². The molecule has 1 amide bonds. The lowest BCUT2D eigenvalue weighted by Crippen LogP contribution is -2.48. The van der Waals surface area contributed by atoms with Crippen molar-refractivity contribution >= 4 is 12.2 Å². The van der Waals surface area contributed by atoms with Crippen LogP contribution in [0.5, 0.6) is 0 Å². The average molecular weight is 397 g/mol. The highest BCUT2D eigenvalue weighted by molar-refractivity contribution is 5.67. The Morgan fingerprint density at radius 3 is 2.64 bits per heavy atom. The fourth-order valence-electron chi connectivity index (χ4n) is 4.52. The Bertz CT molecular complexity index is 555. The minimum absolute atomic E-state index is 0.0141. The first-order valence-corrected chi connectivity index (χ1v) is 10.6. The highest BCUT2D eigenvalue weighted by Gasteiger charge is 2.41. The van der Waals surface area contributed by atoms with Crippen molar-refractivity contribution in [1.29, 1.82) is 0 Å². The first kappa shape index (κ1) is 24.6. The van der Waals surface area contributed by atoms with Gasteiger partial charge in [0.05, 0.1) is 18.8 Å². The first-order chi connectivity index (χ1) is 12.9. The second-order valence-corrected chi connectivity index (χ2v) is 10.2. The van der Waals surface area contributed by atoms with Crippen molar-refractivity contribution in [2.75, 3.05) is 13.2 Å². The summed E-state index contributed by atoms with van der Waals surface area (Å²) in [6.07, 6.45) is 7.07. The highest BCUT2D eigenvalue weighted by atomic mass is 16.5. The van der Waals surface area contributed by atoms with Crippen LogP contribution in [0, 0.1) is 16.7 Å². The first-order valence-electron chi connectivity index (χ1n) is 10.6.